The highest BCUT2D eigenvalue weighted by atomic mass is 19.1. The topological polar surface area (TPSA) is 72.4 Å². The van der Waals surface area contributed by atoms with Crippen LogP contribution < -0.4 is 10.6 Å². The zero-order valence-corrected chi connectivity index (χ0v) is 14.7. The molecule has 1 fully saturated rings. The van der Waals surface area contributed by atoms with E-state index in [0.717, 1.165) is 48.6 Å². The average molecular weight is 346 g/mol. The van der Waals surface area contributed by atoms with Crippen LogP contribution in [0.15, 0.2) is 29.4 Å². The van der Waals surface area contributed by atoms with Crippen LogP contribution in [0.4, 0.5) is 4.39 Å². The summed E-state index contributed by atoms with van der Waals surface area (Å²) in [7, 11) is 1.73. The zero-order chi connectivity index (χ0) is 17.7. The molecule has 0 bridgehead atoms. The summed E-state index contributed by atoms with van der Waals surface area (Å²) in [5.74, 6) is 0.467. The van der Waals surface area contributed by atoms with Crippen LogP contribution in [-0.4, -0.2) is 41.8 Å². The van der Waals surface area contributed by atoms with E-state index in [9.17, 15) is 9.50 Å². The summed E-state index contributed by atoms with van der Waals surface area (Å²) in [4.78, 5) is 7.33. The van der Waals surface area contributed by atoms with Crippen molar-refractivity contribution < 1.29 is 9.50 Å². The monoisotopic (exact) mass is 346 g/mol. The molecule has 0 spiro atoms. The van der Waals surface area contributed by atoms with Gasteiger partial charge in [-0.05, 0) is 43.0 Å². The number of rotatable bonds is 5. The highest BCUT2D eigenvalue weighted by Gasteiger charge is 2.29. The number of fused-ring (bicyclic) bond motifs is 1. The van der Waals surface area contributed by atoms with Crippen molar-refractivity contribution in [3.8, 4) is 0 Å². The molecule has 0 aliphatic heterocycles. The molecule has 0 radical (unpaired) electrons. The van der Waals surface area contributed by atoms with Gasteiger partial charge in [0.25, 0.3) is 0 Å². The maximum atomic E-state index is 13.2. The van der Waals surface area contributed by atoms with E-state index in [0.29, 0.717) is 19.0 Å². The van der Waals surface area contributed by atoms with Crippen molar-refractivity contribution in [2.75, 3.05) is 20.1 Å². The SMILES string of the molecule is CN=C(NCCc1c[nH]c2cc(F)ccc12)NCC1(O)CCCCC1. The highest BCUT2D eigenvalue weighted by Crippen LogP contribution is 2.27. The lowest BCUT2D eigenvalue weighted by Crippen LogP contribution is -2.48. The smallest absolute Gasteiger partial charge is 0.191 e. The van der Waals surface area contributed by atoms with Gasteiger partial charge in [-0.3, -0.25) is 4.99 Å². The Morgan fingerprint density at radius 2 is 2.08 bits per heavy atom. The van der Waals surface area contributed by atoms with Gasteiger partial charge in [-0.25, -0.2) is 4.39 Å². The standard InChI is InChI=1S/C19H27FN4O/c1-21-18(24-13-19(25)8-3-2-4-9-19)22-10-7-14-12-23-17-11-15(20)5-6-16(14)17/h5-6,11-12,23,25H,2-4,7-10,13H2,1H3,(H2,21,22,24). The van der Waals surface area contributed by atoms with Crippen molar-refractivity contribution in [1.29, 1.82) is 0 Å². The summed E-state index contributed by atoms with van der Waals surface area (Å²) >= 11 is 0. The van der Waals surface area contributed by atoms with Gasteiger partial charge >= 0.3 is 0 Å². The molecule has 1 aromatic carbocycles. The Balaban J connectivity index is 1.49. The van der Waals surface area contributed by atoms with Crippen LogP contribution in [0.2, 0.25) is 0 Å². The number of aliphatic hydroxyl groups is 1. The Hall–Kier alpha value is -2.08. The zero-order valence-electron chi connectivity index (χ0n) is 14.7. The summed E-state index contributed by atoms with van der Waals surface area (Å²) in [6.45, 7) is 1.24. The van der Waals surface area contributed by atoms with Crippen molar-refractivity contribution in [1.82, 2.24) is 15.6 Å². The second-order valence-electron chi connectivity index (χ2n) is 6.89. The Morgan fingerprint density at radius 1 is 1.28 bits per heavy atom. The van der Waals surface area contributed by atoms with E-state index in [2.05, 4.69) is 20.6 Å². The quantitative estimate of drug-likeness (QED) is 0.497. The largest absolute Gasteiger partial charge is 0.388 e. The number of aliphatic imine (C=N–C) groups is 1. The lowest BCUT2D eigenvalue weighted by Gasteiger charge is -2.32. The van der Waals surface area contributed by atoms with Crippen molar-refractivity contribution >= 4 is 16.9 Å². The molecule has 0 atom stereocenters. The van der Waals surface area contributed by atoms with Crippen LogP contribution in [0.25, 0.3) is 10.9 Å². The minimum absolute atomic E-state index is 0.232. The number of aromatic nitrogens is 1. The minimum Gasteiger partial charge on any atom is -0.388 e. The van der Waals surface area contributed by atoms with Crippen LogP contribution >= 0.6 is 0 Å². The van der Waals surface area contributed by atoms with E-state index in [-0.39, 0.29) is 5.82 Å². The lowest BCUT2D eigenvalue weighted by molar-refractivity contribution is 0.00859. The third-order valence-electron chi connectivity index (χ3n) is 5.01. The highest BCUT2D eigenvalue weighted by molar-refractivity contribution is 5.83. The number of aromatic amines is 1. The number of benzene rings is 1. The molecule has 1 aliphatic carbocycles. The summed E-state index contributed by atoms with van der Waals surface area (Å²) in [5.41, 5.74) is 1.34. The number of hydrogen-bond acceptors (Lipinski definition) is 2. The van der Waals surface area contributed by atoms with Gasteiger partial charge in [-0.2, -0.15) is 0 Å². The molecule has 1 saturated carbocycles. The van der Waals surface area contributed by atoms with Gasteiger partial charge in [-0.15, -0.1) is 0 Å². The first-order chi connectivity index (χ1) is 12.1. The molecule has 3 rings (SSSR count). The molecule has 0 saturated heterocycles. The molecular weight excluding hydrogens is 319 g/mol. The predicted octanol–water partition coefficient (Wildman–Crippen LogP) is 2.71. The van der Waals surface area contributed by atoms with Crippen molar-refractivity contribution in [2.24, 2.45) is 4.99 Å². The third kappa shape index (κ3) is 4.51. The van der Waals surface area contributed by atoms with Crippen LogP contribution in [0, 0.1) is 5.82 Å². The molecule has 6 heteroatoms. The van der Waals surface area contributed by atoms with Gasteiger partial charge in [0.15, 0.2) is 5.96 Å². The van der Waals surface area contributed by atoms with Gasteiger partial charge in [0.2, 0.25) is 0 Å². The van der Waals surface area contributed by atoms with Crippen LogP contribution in [0.5, 0.6) is 0 Å². The molecule has 1 aliphatic rings. The van der Waals surface area contributed by atoms with E-state index < -0.39 is 5.60 Å². The fourth-order valence-corrected chi connectivity index (χ4v) is 3.54. The van der Waals surface area contributed by atoms with Gasteiger partial charge < -0.3 is 20.7 Å². The Bertz CT molecular complexity index is 734. The van der Waals surface area contributed by atoms with E-state index in [4.69, 9.17) is 0 Å². The van der Waals surface area contributed by atoms with E-state index >= 15 is 0 Å². The van der Waals surface area contributed by atoms with E-state index in [1.165, 1.54) is 18.6 Å². The molecule has 5 nitrogen and oxygen atoms in total. The van der Waals surface area contributed by atoms with Gasteiger partial charge in [0, 0.05) is 37.2 Å². The molecule has 0 amide bonds. The number of nitrogens with zero attached hydrogens (tertiary/aromatic N) is 1. The van der Waals surface area contributed by atoms with E-state index in [1.54, 1.807) is 7.05 Å². The minimum atomic E-state index is -0.614. The Kier molecular flexibility index (Phi) is 5.58. The summed E-state index contributed by atoms with van der Waals surface area (Å²) in [6.07, 6.45) is 7.82. The molecule has 2 aromatic rings. The number of halogens is 1. The van der Waals surface area contributed by atoms with E-state index in [1.807, 2.05) is 12.3 Å². The van der Waals surface area contributed by atoms with Gasteiger partial charge in [-0.1, -0.05) is 19.3 Å². The first-order valence-electron chi connectivity index (χ1n) is 9.02. The first kappa shape index (κ1) is 17.7. The first-order valence-corrected chi connectivity index (χ1v) is 9.02. The fraction of sp³-hybridized carbons (Fsp3) is 0.526. The number of H-pyrrole nitrogens is 1. The maximum Gasteiger partial charge on any atom is 0.191 e. The summed E-state index contributed by atoms with van der Waals surface area (Å²) < 4.78 is 13.2. The normalized spacial score (nSPS) is 17.6. The Labute approximate surface area is 147 Å². The van der Waals surface area contributed by atoms with Gasteiger partial charge in [0.05, 0.1) is 5.60 Å². The number of hydrogen-bond donors (Lipinski definition) is 4. The Morgan fingerprint density at radius 3 is 2.84 bits per heavy atom. The second-order valence-corrected chi connectivity index (χ2v) is 6.89. The van der Waals surface area contributed by atoms with Crippen LogP contribution in [0.3, 0.4) is 0 Å². The molecule has 1 heterocycles. The van der Waals surface area contributed by atoms with Crippen molar-refractivity contribution in [2.45, 2.75) is 44.1 Å². The molecule has 25 heavy (non-hydrogen) atoms. The van der Waals surface area contributed by atoms with Gasteiger partial charge in [0.1, 0.15) is 5.82 Å². The summed E-state index contributed by atoms with van der Waals surface area (Å²) in [5, 5.41) is 18.1. The number of guanidine groups is 1. The van der Waals surface area contributed by atoms with Crippen molar-refractivity contribution in [3.63, 3.8) is 0 Å². The molecule has 136 valence electrons. The molecule has 0 unspecified atom stereocenters. The second kappa shape index (κ2) is 7.87. The molecule has 4 N–H and O–H groups in total. The van der Waals surface area contributed by atoms with Crippen LogP contribution in [-0.2, 0) is 6.42 Å². The molecular formula is C19H27FN4O. The fourth-order valence-electron chi connectivity index (χ4n) is 3.54. The molecule has 1 aromatic heterocycles. The maximum absolute atomic E-state index is 13.2. The lowest BCUT2D eigenvalue weighted by atomic mass is 9.85. The predicted molar refractivity (Wildman–Crippen MR) is 99.4 cm³/mol. The number of nitrogens with one attached hydrogen (secondary N) is 3. The average Bonchev–Trinajstić information content (AvgIpc) is 3.00. The summed E-state index contributed by atoms with van der Waals surface area (Å²) in [6, 6.07) is 4.80. The van der Waals surface area contributed by atoms with Crippen LogP contribution in [0.1, 0.15) is 37.7 Å². The van der Waals surface area contributed by atoms with Crippen molar-refractivity contribution in [3.05, 3.63) is 35.8 Å². The third-order valence-corrected chi connectivity index (χ3v) is 5.01.